The van der Waals surface area contributed by atoms with Gasteiger partial charge in [-0.2, -0.15) is 4.98 Å². The van der Waals surface area contributed by atoms with Crippen molar-refractivity contribution in [1.82, 2.24) is 15.1 Å². The van der Waals surface area contributed by atoms with Crippen LogP contribution in [-0.4, -0.2) is 15.1 Å². The molecule has 2 heterocycles. The minimum atomic E-state index is 0.538. The predicted octanol–water partition coefficient (Wildman–Crippen LogP) is 2.49. The molecule has 5 nitrogen and oxygen atoms in total. The first-order chi connectivity index (χ1) is 8.26. The zero-order chi connectivity index (χ0) is 11.8. The van der Waals surface area contributed by atoms with Crippen molar-refractivity contribution in [2.45, 2.75) is 13.3 Å². The van der Waals surface area contributed by atoms with Crippen LogP contribution in [0.15, 0.2) is 22.7 Å². The number of nitrogen functional groups attached to an aromatic ring is 1. The molecule has 0 spiro atoms. The lowest BCUT2D eigenvalue weighted by Crippen LogP contribution is -1.82. The van der Waals surface area contributed by atoms with Crippen molar-refractivity contribution in [3.8, 4) is 11.5 Å². The molecule has 1 aromatic carbocycles. The molecule has 0 bridgehead atoms. The molecule has 6 heteroatoms. The van der Waals surface area contributed by atoms with Gasteiger partial charge in [0.1, 0.15) is 0 Å². The molecule has 3 aromatic rings. The number of hydrogen-bond acceptors (Lipinski definition) is 6. The van der Waals surface area contributed by atoms with E-state index < -0.39 is 0 Å². The fraction of sp³-hybridized carbons (Fsp3) is 0.182. The third kappa shape index (κ3) is 1.76. The van der Waals surface area contributed by atoms with Crippen LogP contribution in [0.25, 0.3) is 21.7 Å². The van der Waals surface area contributed by atoms with Gasteiger partial charge in [0.05, 0.1) is 10.2 Å². The highest BCUT2D eigenvalue weighted by Crippen LogP contribution is 2.28. The summed E-state index contributed by atoms with van der Waals surface area (Å²) in [5, 5.41) is 4.44. The molecule has 0 amide bonds. The number of thiazole rings is 1. The Balaban J connectivity index is 2.10. The van der Waals surface area contributed by atoms with Gasteiger partial charge >= 0.3 is 0 Å². The van der Waals surface area contributed by atoms with Gasteiger partial charge in [-0.05, 0) is 18.2 Å². The minimum absolute atomic E-state index is 0.538. The SMILES string of the molecule is CCc1noc(-c2ccc3nc(N)sc3c2)n1. The lowest BCUT2D eigenvalue weighted by atomic mass is 10.2. The van der Waals surface area contributed by atoms with E-state index in [0.717, 1.165) is 22.2 Å². The Hall–Kier alpha value is -1.95. The average molecular weight is 246 g/mol. The van der Waals surface area contributed by atoms with Crippen molar-refractivity contribution >= 4 is 26.7 Å². The first kappa shape index (κ1) is 10.2. The standard InChI is InChI=1S/C11H10N4OS/c1-2-9-14-10(16-15-9)6-3-4-7-8(5-6)17-11(12)13-7/h3-5H,2H2,1H3,(H2,12,13). The van der Waals surface area contributed by atoms with Crippen LogP contribution < -0.4 is 5.73 Å². The highest BCUT2D eigenvalue weighted by molar-refractivity contribution is 7.22. The van der Waals surface area contributed by atoms with Crippen molar-refractivity contribution in [2.75, 3.05) is 5.73 Å². The molecule has 0 saturated heterocycles. The summed E-state index contributed by atoms with van der Waals surface area (Å²) in [6.45, 7) is 1.99. The van der Waals surface area contributed by atoms with Gasteiger partial charge in [0.15, 0.2) is 11.0 Å². The van der Waals surface area contributed by atoms with E-state index in [-0.39, 0.29) is 0 Å². The average Bonchev–Trinajstić information content (AvgIpc) is 2.92. The second kappa shape index (κ2) is 3.81. The molecule has 3 rings (SSSR count). The fourth-order valence-electron chi connectivity index (χ4n) is 1.59. The van der Waals surface area contributed by atoms with E-state index in [1.165, 1.54) is 11.3 Å². The zero-order valence-electron chi connectivity index (χ0n) is 9.17. The minimum Gasteiger partial charge on any atom is -0.375 e. The van der Waals surface area contributed by atoms with Crippen LogP contribution in [0, 0.1) is 0 Å². The van der Waals surface area contributed by atoms with Crippen molar-refractivity contribution < 1.29 is 4.52 Å². The molecular formula is C11H10N4OS. The summed E-state index contributed by atoms with van der Waals surface area (Å²) in [5.41, 5.74) is 7.45. The maximum Gasteiger partial charge on any atom is 0.257 e. The monoisotopic (exact) mass is 246 g/mol. The molecule has 86 valence electrons. The number of nitrogens with zero attached hydrogens (tertiary/aromatic N) is 3. The lowest BCUT2D eigenvalue weighted by Gasteiger charge is -1.92. The van der Waals surface area contributed by atoms with Crippen LogP contribution in [0.1, 0.15) is 12.7 Å². The van der Waals surface area contributed by atoms with Crippen molar-refractivity contribution in [3.63, 3.8) is 0 Å². The molecule has 0 atom stereocenters. The topological polar surface area (TPSA) is 77.8 Å². The molecule has 0 aliphatic carbocycles. The maximum atomic E-state index is 5.66. The van der Waals surface area contributed by atoms with Crippen molar-refractivity contribution in [3.05, 3.63) is 24.0 Å². The Morgan fingerprint density at radius 3 is 3.00 bits per heavy atom. The molecule has 0 unspecified atom stereocenters. The molecule has 0 fully saturated rings. The highest BCUT2D eigenvalue weighted by Gasteiger charge is 2.09. The van der Waals surface area contributed by atoms with E-state index in [0.29, 0.717) is 16.8 Å². The van der Waals surface area contributed by atoms with Crippen molar-refractivity contribution in [2.24, 2.45) is 0 Å². The molecule has 17 heavy (non-hydrogen) atoms. The van der Waals surface area contributed by atoms with E-state index in [9.17, 15) is 0 Å². The number of fused-ring (bicyclic) bond motifs is 1. The number of anilines is 1. The van der Waals surface area contributed by atoms with Gasteiger partial charge in [-0.3, -0.25) is 0 Å². The lowest BCUT2D eigenvalue weighted by molar-refractivity contribution is 0.423. The van der Waals surface area contributed by atoms with E-state index in [1.54, 1.807) is 0 Å². The highest BCUT2D eigenvalue weighted by atomic mass is 32.1. The van der Waals surface area contributed by atoms with Crippen LogP contribution in [0.3, 0.4) is 0 Å². The van der Waals surface area contributed by atoms with Gasteiger partial charge in [0, 0.05) is 12.0 Å². The van der Waals surface area contributed by atoms with Gasteiger partial charge in [0.2, 0.25) is 0 Å². The third-order valence-corrected chi connectivity index (χ3v) is 3.28. The zero-order valence-corrected chi connectivity index (χ0v) is 9.99. The molecule has 0 aliphatic rings. The molecule has 0 saturated carbocycles. The number of nitrogens with two attached hydrogens (primary N) is 1. The van der Waals surface area contributed by atoms with Crippen LogP contribution in [0.4, 0.5) is 5.13 Å². The van der Waals surface area contributed by atoms with Gasteiger partial charge < -0.3 is 10.3 Å². The predicted molar refractivity (Wildman–Crippen MR) is 66.7 cm³/mol. The Labute approximate surface area is 101 Å². The van der Waals surface area contributed by atoms with E-state index >= 15 is 0 Å². The molecule has 2 N–H and O–H groups in total. The van der Waals surface area contributed by atoms with Crippen LogP contribution in [0.5, 0.6) is 0 Å². The smallest absolute Gasteiger partial charge is 0.257 e. The Bertz CT molecular complexity index is 673. The van der Waals surface area contributed by atoms with E-state index in [1.807, 2.05) is 25.1 Å². The molecule has 0 radical (unpaired) electrons. The maximum absolute atomic E-state index is 5.66. The fourth-order valence-corrected chi connectivity index (χ4v) is 2.36. The van der Waals surface area contributed by atoms with Gasteiger partial charge in [0.25, 0.3) is 5.89 Å². The van der Waals surface area contributed by atoms with Crippen molar-refractivity contribution in [1.29, 1.82) is 0 Å². The second-order valence-electron chi connectivity index (χ2n) is 3.60. The number of aromatic nitrogens is 3. The normalized spacial score (nSPS) is 11.1. The Kier molecular flexibility index (Phi) is 2.29. The van der Waals surface area contributed by atoms with Crippen LogP contribution >= 0.6 is 11.3 Å². The van der Waals surface area contributed by atoms with Crippen LogP contribution in [0.2, 0.25) is 0 Å². The van der Waals surface area contributed by atoms with E-state index in [2.05, 4.69) is 15.1 Å². The Morgan fingerprint density at radius 2 is 2.24 bits per heavy atom. The molecule has 2 aromatic heterocycles. The summed E-state index contributed by atoms with van der Waals surface area (Å²) >= 11 is 1.45. The van der Waals surface area contributed by atoms with E-state index in [4.69, 9.17) is 10.3 Å². The van der Waals surface area contributed by atoms with Gasteiger partial charge in [-0.15, -0.1) is 0 Å². The molecule has 0 aliphatic heterocycles. The first-order valence-electron chi connectivity index (χ1n) is 5.25. The van der Waals surface area contributed by atoms with Crippen LogP contribution in [-0.2, 0) is 6.42 Å². The largest absolute Gasteiger partial charge is 0.375 e. The summed E-state index contributed by atoms with van der Waals surface area (Å²) in [4.78, 5) is 8.49. The van der Waals surface area contributed by atoms with Gasteiger partial charge in [-0.25, -0.2) is 4.98 Å². The third-order valence-electron chi connectivity index (χ3n) is 2.44. The number of hydrogen-bond donors (Lipinski definition) is 1. The Morgan fingerprint density at radius 1 is 1.35 bits per heavy atom. The van der Waals surface area contributed by atoms with Gasteiger partial charge in [-0.1, -0.05) is 23.4 Å². The second-order valence-corrected chi connectivity index (χ2v) is 4.67. The first-order valence-corrected chi connectivity index (χ1v) is 6.07. The number of aryl methyl sites for hydroxylation is 1. The number of rotatable bonds is 2. The summed E-state index contributed by atoms with van der Waals surface area (Å²) in [6, 6.07) is 5.79. The summed E-state index contributed by atoms with van der Waals surface area (Å²) in [7, 11) is 0. The summed E-state index contributed by atoms with van der Waals surface area (Å²) < 4.78 is 6.21. The quantitative estimate of drug-likeness (QED) is 0.751. The summed E-state index contributed by atoms with van der Waals surface area (Å²) in [6.07, 6.45) is 0.763. The molecular weight excluding hydrogens is 236 g/mol. The number of benzene rings is 1. The summed E-state index contributed by atoms with van der Waals surface area (Å²) in [5.74, 6) is 1.25.